The molecule has 3 heterocycles. The Balaban J connectivity index is 1.80. The summed E-state index contributed by atoms with van der Waals surface area (Å²) in [6.07, 6.45) is 6.28. The molecule has 8 heteroatoms. The number of thioether (sulfide) groups is 1. The zero-order valence-electron chi connectivity index (χ0n) is 15.7. The van der Waals surface area contributed by atoms with Crippen LogP contribution in [0.25, 0.3) is 10.2 Å². The summed E-state index contributed by atoms with van der Waals surface area (Å²) in [5.74, 6) is -0.316. The first-order valence-electron chi connectivity index (χ1n) is 9.49. The number of carbonyl (C=O) groups is 1. The lowest BCUT2D eigenvalue weighted by atomic mass is 9.97. The topological polar surface area (TPSA) is 70.4 Å². The van der Waals surface area contributed by atoms with Gasteiger partial charge in [0, 0.05) is 11.5 Å². The fourth-order valence-electron chi connectivity index (χ4n) is 3.83. The van der Waals surface area contributed by atoms with Crippen molar-refractivity contribution in [3.05, 3.63) is 20.8 Å². The summed E-state index contributed by atoms with van der Waals surface area (Å²) in [6, 6.07) is 0. The number of methoxy groups -OCH3 is 1. The SMILES string of the molecule is COC(=O)[C@H](C)Sc1nc2sc3c(c2c(=O)n1C[C@H]1CCCO1)CCCC3. The van der Waals surface area contributed by atoms with Gasteiger partial charge >= 0.3 is 5.97 Å². The van der Waals surface area contributed by atoms with Gasteiger partial charge in [0.1, 0.15) is 10.1 Å². The summed E-state index contributed by atoms with van der Waals surface area (Å²) >= 11 is 2.93. The molecule has 0 N–H and O–H groups in total. The van der Waals surface area contributed by atoms with Gasteiger partial charge in [0.25, 0.3) is 5.56 Å². The van der Waals surface area contributed by atoms with Crippen LogP contribution < -0.4 is 5.56 Å². The molecule has 0 amide bonds. The third-order valence-electron chi connectivity index (χ3n) is 5.27. The monoisotopic (exact) mass is 408 g/mol. The van der Waals surface area contributed by atoms with Gasteiger partial charge in [-0.25, -0.2) is 4.98 Å². The Kier molecular flexibility index (Phi) is 5.57. The van der Waals surface area contributed by atoms with Gasteiger partial charge in [0.2, 0.25) is 0 Å². The molecule has 4 rings (SSSR count). The number of aromatic nitrogens is 2. The van der Waals surface area contributed by atoms with Crippen LogP contribution in [0.5, 0.6) is 0 Å². The maximum Gasteiger partial charge on any atom is 0.318 e. The van der Waals surface area contributed by atoms with Crippen molar-refractivity contribution in [1.82, 2.24) is 9.55 Å². The summed E-state index contributed by atoms with van der Waals surface area (Å²) in [5.41, 5.74) is 1.20. The third kappa shape index (κ3) is 3.67. The number of aryl methyl sites for hydroxylation is 2. The van der Waals surface area contributed by atoms with E-state index in [0.717, 1.165) is 48.9 Å². The van der Waals surface area contributed by atoms with Crippen LogP contribution >= 0.6 is 23.1 Å². The van der Waals surface area contributed by atoms with Gasteiger partial charge < -0.3 is 9.47 Å². The smallest absolute Gasteiger partial charge is 0.318 e. The molecule has 6 nitrogen and oxygen atoms in total. The molecule has 0 bridgehead atoms. The number of thiophene rings is 1. The van der Waals surface area contributed by atoms with Crippen LogP contribution in [0.3, 0.4) is 0 Å². The zero-order chi connectivity index (χ0) is 19.0. The average molecular weight is 409 g/mol. The molecule has 1 aliphatic carbocycles. The minimum Gasteiger partial charge on any atom is -0.468 e. The van der Waals surface area contributed by atoms with Crippen molar-refractivity contribution in [3.8, 4) is 0 Å². The first-order chi connectivity index (χ1) is 13.1. The largest absolute Gasteiger partial charge is 0.468 e. The average Bonchev–Trinajstić information content (AvgIpc) is 3.31. The Hall–Kier alpha value is -1.38. The highest BCUT2D eigenvalue weighted by molar-refractivity contribution is 8.00. The lowest BCUT2D eigenvalue weighted by molar-refractivity contribution is -0.139. The minimum atomic E-state index is -0.426. The molecule has 2 aromatic heterocycles. The summed E-state index contributed by atoms with van der Waals surface area (Å²) < 4.78 is 12.3. The van der Waals surface area contributed by atoms with E-state index in [4.69, 9.17) is 14.5 Å². The molecule has 27 heavy (non-hydrogen) atoms. The Bertz CT molecular complexity index is 915. The van der Waals surface area contributed by atoms with Crippen LogP contribution in [-0.4, -0.2) is 40.6 Å². The molecule has 0 saturated carbocycles. The summed E-state index contributed by atoms with van der Waals surface area (Å²) in [5, 5.41) is 0.937. The minimum absolute atomic E-state index is 0.00876. The fraction of sp³-hybridized carbons (Fsp3) is 0.632. The van der Waals surface area contributed by atoms with Crippen molar-refractivity contribution in [2.75, 3.05) is 13.7 Å². The second kappa shape index (κ2) is 7.93. The molecule has 2 aromatic rings. The predicted molar refractivity (Wildman–Crippen MR) is 107 cm³/mol. The second-order valence-electron chi connectivity index (χ2n) is 7.12. The molecule has 1 fully saturated rings. The Morgan fingerprint density at radius 1 is 1.41 bits per heavy atom. The van der Waals surface area contributed by atoms with Crippen LogP contribution in [0.2, 0.25) is 0 Å². The van der Waals surface area contributed by atoms with Gasteiger partial charge in [-0.2, -0.15) is 0 Å². The normalized spacial score (nSPS) is 20.6. The highest BCUT2D eigenvalue weighted by atomic mass is 32.2. The second-order valence-corrected chi connectivity index (χ2v) is 9.51. The van der Waals surface area contributed by atoms with Crippen LogP contribution in [-0.2, 0) is 33.7 Å². The van der Waals surface area contributed by atoms with E-state index in [1.54, 1.807) is 22.8 Å². The highest BCUT2D eigenvalue weighted by Gasteiger charge is 2.26. The molecular formula is C19H24N2O4S2. The van der Waals surface area contributed by atoms with Crippen LogP contribution in [0.15, 0.2) is 9.95 Å². The van der Waals surface area contributed by atoms with E-state index in [1.807, 2.05) is 0 Å². The number of hydrogen-bond acceptors (Lipinski definition) is 7. The number of ether oxygens (including phenoxy) is 2. The molecule has 0 aromatic carbocycles. The Labute approximate surface area is 166 Å². The fourth-order valence-corrected chi connectivity index (χ4v) is 6.08. The number of rotatable bonds is 5. The van der Waals surface area contributed by atoms with Crippen molar-refractivity contribution in [2.24, 2.45) is 0 Å². The number of carbonyl (C=O) groups excluding carboxylic acids is 1. The first kappa shape index (κ1) is 19.0. The molecular weight excluding hydrogens is 384 g/mol. The van der Waals surface area contributed by atoms with Crippen molar-refractivity contribution >= 4 is 39.3 Å². The molecule has 146 valence electrons. The summed E-state index contributed by atoms with van der Waals surface area (Å²) in [7, 11) is 1.38. The van der Waals surface area contributed by atoms with Crippen molar-refractivity contribution in [3.63, 3.8) is 0 Å². The van der Waals surface area contributed by atoms with Gasteiger partial charge in [-0.05, 0) is 51.0 Å². The van der Waals surface area contributed by atoms with Crippen LogP contribution in [0, 0.1) is 0 Å². The van der Waals surface area contributed by atoms with E-state index >= 15 is 0 Å². The van der Waals surface area contributed by atoms with Crippen LogP contribution in [0.4, 0.5) is 0 Å². The van der Waals surface area contributed by atoms with E-state index in [1.165, 1.54) is 35.7 Å². The van der Waals surface area contributed by atoms with Crippen molar-refractivity contribution in [1.29, 1.82) is 0 Å². The number of fused-ring (bicyclic) bond motifs is 3. The lowest BCUT2D eigenvalue weighted by Crippen LogP contribution is -2.30. The molecule has 0 spiro atoms. The van der Waals surface area contributed by atoms with E-state index in [-0.39, 0.29) is 17.6 Å². The van der Waals surface area contributed by atoms with Gasteiger partial charge in [0.15, 0.2) is 5.16 Å². The maximum atomic E-state index is 13.4. The molecule has 2 aliphatic rings. The van der Waals surface area contributed by atoms with Crippen molar-refractivity contribution < 1.29 is 14.3 Å². The maximum absolute atomic E-state index is 13.4. The molecule has 1 aliphatic heterocycles. The quantitative estimate of drug-likeness (QED) is 0.430. The standard InChI is InChI=1S/C19H24N2O4S2/c1-11(18(23)24-2)26-19-20-16-15(13-7-3-4-8-14(13)27-16)17(22)21(19)10-12-6-5-9-25-12/h11-12H,3-10H2,1-2H3/t11-,12+/m0/s1. The summed E-state index contributed by atoms with van der Waals surface area (Å²) in [4.78, 5) is 32.3. The van der Waals surface area contributed by atoms with E-state index in [0.29, 0.717) is 11.7 Å². The third-order valence-corrected chi connectivity index (χ3v) is 7.52. The molecule has 1 saturated heterocycles. The number of hydrogen-bond donors (Lipinski definition) is 0. The summed E-state index contributed by atoms with van der Waals surface area (Å²) in [6.45, 7) is 3.01. The Morgan fingerprint density at radius 2 is 2.22 bits per heavy atom. The van der Waals surface area contributed by atoms with Crippen LogP contribution in [0.1, 0.15) is 43.0 Å². The highest BCUT2D eigenvalue weighted by Crippen LogP contribution is 2.35. The van der Waals surface area contributed by atoms with Gasteiger partial charge in [0.05, 0.1) is 25.1 Å². The molecule has 2 atom stereocenters. The zero-order valence-corrected chi connectivity index (χ0v) is 17.3. The first-order valence-corrected chi connectivity index (χ1v) is 11.2. The van der Waals surface area contributed by atoms with Gasteiger partial charge in [-0.1, -0.05) is 11.8 Å². The van der Waals surface area contributed by atoms with E-state index in [2.05, 4.69) is 0 Å². The van der Waals surface area contributed by atoms with E-state index in [9.17, 15) is 9.59 Å². The number of nitrogens with zero attached hydrogens (tertiary/aromatic N) is 2. The molecule has 0 radical (unpaired) electrons. The number of esters is 1. The van der Waals surface area contributed by atoms with Crippen molar-refractivity contribution in [2.45, 2.75) is 68.5 Å². The predicted octanol–water partition coefficient (Wildman–Crippen LogP) is 3.17. The van der Waals surface area contributed by atoms with Gasteiger partial charge in [-0.3, -0.25) is 14.2 Å². The molecule has 0 unspecified atom stereocenters. The van der Waals surface area contributed by atoms with E-state index < -0.39 is 5.25 Å². The Morgan fingerprint density at radius 3 is 2.96 bits per heavy atom. The van der Waals surface area contributed by atoms with Gasteiger partial charge in [-0.15, -0.1) is 11.3 Å². The lowest BCUT2D eigenvalue weighted by Gasteiger charge is -2.17.